The second kappa shape index (κ2) is 8.99. The molecule has 4 aromatic rings. The van der Waals surface area contributed by atoms with Crippen molar-refractivity contribution in [3.8, 4) is 10.4 Å². The number of likely N-dealkylation sites (tertiary alicyclic amines) is 1. The number of nitrogens with one attached hydrogen (secondary N) is 1. The first-order chi connectivity index (χ1) is 16.7. The largest absolute Gasteiger partial charge is 0.354 e. The van der Waals surface area contributed by atoms with E-state index in [0.29, 0.717) is 18.4 Å². The standard InChI is InChI=1S/C27H25N5OS/c33-26(32-10-6-18(7-11-32)15-31-27-29-8-3-9-30-27)20-12-21-16-28-17-23(21)22(13-20)25-14-19-4-1-2-5-24(19)34-25/h1-5,8-9,12-14,16,18H,6-7,10-11,15,17H2,(H,29,30,31). The minimum Gasteiger partial charge on any atom is -0.354 e. The molecule has 170 valence electrons. The number of amides is 1. The Morgan fingerprint density at radius 2 is 1.88 bits per heavy atom. The number of hydrogen-bond acceptors (Lipinski definition) is 6. The van der Waals surface area contributed by atoms with Crippen LogP contribution < -0.4 is 5.32 Å². The number of fused-ring (bicyclic) bond motifs is 2. The van der Waals surface area contributed by atoms with Crippen LogP contribution in [0.2, 0.25) is 0 Å². The lowest BCUT2D eigenvalue weighted by molar-refractivity contribution is 0.0695. The normalized spacial score (nSPS) is 15.6. The third-order valence-electron chi connectivity index (χ3n) is 6.72. The summed E-state index contributed by atoms with van der Waals surface area (Å²) in [6.45, 7) is 3.04. The molecule has 6 rings (SSSR count). The van der Waals surface area contributed by atoms with Crippen LogP contribution in [-0.4, -0.2) is 46.6 Å². The number of nitrogens with zero attached hydrogens (tertiary/aromatic N) is 4. The Balaban J connectivity index is 1.19. The van der Waals surface area contributed by atoms with Gasteiger partial charge >= 0.3 is 0 Å². The fraction of sp³-hybridized carbons (Fsp3) is 0.259. The molecular weight excluding hydrogens is 442 g/mol. The Hall–Kier alpha value is -3.58. The highest BCUT2D eigenvalue weighted by Crippen LogP contribution is 2.38. The summed E-state index contributed by atoms with van der Waals surface area (Å²) in [6, 6.07) is 16.6. The van der Waals surface area contributed by atoms with Crippen LogP contribution in [0.25, 0.3) is 20.5 Å². The molecule has 2 aliphatic heterocycles. The molecule has 7 heteroatoms. The Bertz CT molecular complexity index is 1340. The Labute approximate surface area is 202 Å². The van der Waals surface area contributed by atoms with Crippen molar-refractivity contribution < 1.29 is 4.79 Å². The first-order valence-electron chi connectivity index (χ1n) is 11.7. The van der Waals surface area contributed by atoms with Gasteiger partial charge < -0.3 is 10.2 Å². The van der Waals surface area contributed by atoms with Gasteiger partial charge in [-0.15, -0.1) is 11.3 Å². The molecule has 0 aliphatic carbocycles. The van der Waals surface area contributed by atoms with E-state index in [1.807, 2.05) is 23.2 Å². The summed E-state index contributed by atoms with van der Waals surface area (Å²) in [4.78, 5) is 29.6. The molecule has 4 heterocycles. The Morgan fingerprint density at radius 3 is 2.71 bits per heavy atom. The number of rotatable bonds is 5. The predicted molar refractivity (Wildman–Crippen MR) is 138 cm³/mol. The van der Waals surface area contributed by atoms with Crippen LogP contribution in [0.3, 0.4) is 0 Å². The molecule has 1 fully saturated rings. The number of carbonyl (C=O) groups is 1. The highest BCUT2D eigenvalue weighted by molar-refractivity contribution is 7.22. The van der Waals surface area contributed by atoms with Crippen molar-refractivity contribution in [3.05, 3.63) is 77.6 Å². The summed E-state index contributed by atoms with van der Waals surface area (Å²) >= 11 is 1.78. The van der Waals surface area contributed by atoms with Gasteiger partial charge in [0.25, 0.3) is 5.91 Å². The summed E-state index contributed by atoms with van der Waals surface area (Å²) < 4.78 is 1.26. The summed E-state index contributed by atoms with van der Waals surface area (Å²) in [5.74, 6) is 1.28. The van der Waals surface area contributed by atoms with Gasteiger partial charge in [-0.3, -0.25) is 9.79 Å². The van der Waals surface area contributed by atoms with Crippen LogP contribution in [0.15, 0.2) is 65.9 Å². The van der Waals surface area contributed by atoms with E-state index in [9.17, 15) is 4.79 Å². The molecule has 1 saturated heterocycles. The Morgan fingerprint density at radius 1 is 1.06 bits per heavy atom. The number of anilines is 1. The molecule has 0 saturated carbocycles. The van der Waals surface area contributed by atoms with Gasteiger partial charge in [0.2, 0.25) is 5.95 Å². The lowest BCUT2D eigenvalue weighted by Crippen LogP contribution is -2.40. The van der Waals surface area contributed by atoms with Crippen molar-refractivity contribution in [1.29, 1.82) is 0 Å². The lowest BCUT2D eigenvalue weighted by atomic mass is 9.94. The van der Waals surface area contributed by atoms with E-state index in [1.54, 1.807) is 23.7 Å². The summed E-state index contributed by atoms with van der Waals surface area (Å²) in [7, 11) is 0. The van der Waals surface area contributed by atoms with Crippen molar-refractivity contribution in [2.24, 2.45) is 10.9 Å². The molecule has 0 atom stereocenters. The van der Waals surface area contributed by atoms with E-state index in [2.05, 4.69) is 56.7 Å². The first-order valence-corrected chi connectivity index (χ1v) is 12.5. The maximum atomic E-state index is 13.5. The zero-order valence-electron chi connectivity index (χ0n) is 18.8. The van der Waals surface area contributed by atoms with Gasteiger partial charge in [-0.25, -0.2) is 9.97 Å². The van der Waals surface area contributed by atoms with E-state index < -0.39 is 0 Å². The fourth-order valence-electron chi connectivity index (χ4n) is 4.83. The quantitative estimate of drug-likeness (QED) is 0.435. The number of thiophene rings is 1. The molecule has 0 spiro atoms. The maximum Gasteiger partial charge on any atom is 0.253 e. The fourth-order valence-corrected chi connectivity index (χ4v) is 5.93. The van der Waals surface area contributed by atoms with Gasteiger partial charge in [-0.1, -0.05) is 18.2 Å². The predicted octanol–water partition coefficient (Wildman–Crippen LogP) is 5.26. The third-order valence-corrected chi connectivity index (χ3v) is 7.87. The minimum absolute atomic E-state index is 0.114. The maximum absolute atomic E-state index is 13.5. The number of carbonyl (C=O) groups excluding carboxylic acids is 1. The topological polar surface area (TPSA) is 70.5 Å². The number of hydrogen-bond donors (Lipinski definition) is 1. The summed E-state index contributed by atoms with van der Waals surface area (Å²) in [5, 5.41) is 4.56. The molecule has 0 radical (unpaired) electrons. The van der Waals surface area contributed by atoms with Crippen molar-refractivity contribution in [2.45, 2.75) is 19.4 Å². The second-order valence-electron chi connectivity index (χ2n) is 8.90. The molecular formula is C27H25N5OS. The van der Waals surface area contributed by atoms with Gasteiger partial charge in [-0.05, 0) is 71.2 Å². The molecule has 0 unspecified atom stereocenters. The van der Waals surface area contributed by atoms with E-state index in [-0.39, 0.29) is 5.91 Å². The van der Waals surface area contributed by atoms with Gasteiger partial charge in [-0.2, -0.15) is 0 Å². The second-order valence-corrected chi connectivity index (χ2v) is 9.98. The number of aromatic nitrogens is 2. The van der Waals surface area contributed by atoms with Gasteiger partial charge in [0.15, 0.2) is 0 Å². The molecule has 2 aromatic heterocycles. The SMILES string of the molecule is O=C(c1cc2c(c(-c3cc4ccccc4s3)c1)CN=C2)N1CCC(CNc2ncccn2)CC1. The van der Waals surface area contributed by atoms with E-state index in [1.165, 1.54) is 20.5 Å². The number of piperidine rings is 1. The van der Waals surface area contributed by atoms with Crippen LogP contribution in [0.5, 0.6) is 0 Å². The van der Waals surface area contributed by atoms with Crippen LogP contribution in [0.4, 0.5) is 5.95 Å². The number of aliphatic imine (C=N–C) groups is 1. The number of benzene rings is 2. The lowest BCUT2D eigenvalue weighted by Gasteiger charge is -2.32. The molecule has 1 N–H and O–H groups in total. The summed E-state index contributed by atoms with van der Waals surface area (Å²) in [5.41, 5.74) is 4.19. The van der Waals surface area contributed by atoms with Crippen molar-refractivity contribution >= 4 is 39.5 Å². The van der Waals surface area contributed by atoms with Crippen molar-refractivity contribution in [2.75, 3.05) is 25.0 Å². The van der Waals surface area contributed by atoms with Crippen molar-refractivity contribution in [3.63, 3.8) is 0 Å². The molecule has 0 bridgehead atoms. The zero-order valence-corrected chi connectivity index (χ0v) is 19.6. The minimum atomic E-state index is 0.114. The molecule has 34 heavy (non-hydrogen) atoms. The molecule has 2 aromatic carbocycles. The average molecular weight is 468 g/mol. The van der Waals surface area contributed by atoms with Crippen molar-refractivity contribution in [1.82, 2.24) is 14.9 Å². The van der Waals surface area contributed by atoms with Crippen LogP contribution >= 0.6 is 11.3 Å². The van der Waals surface area contributed by atoms with E-state index in [4.69, 9.17) is 0 Å². The Kier molecular flexibility index (Phi) is 5.55. The van der Waals surface area contributed by atoms with E-state index in [0.717, 1.165) is 49.2 Å². The zero-order chi connectivity index (χ0) is 22.9. The van der Waals surface area contributed by atoms with Gasteiger partial charge in [0, 0.05) is 53.4 Å². The third kappa shape index (κ3) is 4.07. The monoisotopic (exact) mass is 467 g/mol. The first kappa shape index (κ1) is 21.0. The highest BCUT2D eigenvalue weighted by Gasteiger charge is 2.26. The summed E-state index contributed by atoms with van der Waals surface area (Å²) in [6.07, 6.45) is 7.34. The molecule has 6 nitrogen and oxygen atoms in total. The van der Waals surface area contributed by atoms with Crippen LogP contribution in [-0.2, 0) is 6.54 Å². The van der Waals surface area contributed by atoms with Crippen LogP contribution in [0, 0.1) is 5.92 Å². The van der Waals surface area contributed by atoms with Gasteiger partial charge in [0.05, 0.1) is 6.54 Å². The smallest absolute Gasteiger partial charge is 0.253 e. The average Bonchev–Trinajstić information content (AvgIpc) is 3.54. The van der Waals surface area contributed by atoms with E-state index >= 15 is 0 Å². The van der Waals surface area contributed by atoms with Crippen LogP contribution in [0.1, 0.15) is 34.3 Å². The molecule has 1 amide bonds. The highest BCUT2D eigenvalue weighted by atomic mass is 32.1. The van der Waals surface area contributed by atoms with Gasteiger partial charge in [0.1, 0.15) is 0 Å². The molecule has 2 aliphatic rings.